The monoisotopic (exact) mass is 228 g/mol. The summed E-state index contributed by atoms with van der Waals surface area (Å²) in [7, 11) is 0. The van der Waals surface area contributed by atoms with Gasteiger partial charge in [-0.3, -0.25) is 9.59 Å². The van der Waals surface area contributed by atoms with Gasteiger partial charge in [-0.25, -0.2) is 0 Å². The number of rotatable bonds is 6. The molecular weight excluding hydrogens is 204 g/mol. The highest BCUT2D eigenvalue weighted by molar-refractivity contribution is 5.91. The molecule has 0 aliphatic carbocycles. The van der Waals surface area contributed by atoms with E-state index >= 15 is 0 Å². The Bertz CT molecular complexity index is 244. The molecule has 3 N–H and O–H groups in total. The third-order valence-corrected chi connectivity index (χ3v) is 2.38. The molecule has 0 fully saturated rings. The van der Waals surface area contributed by atoms with E-state index < -0.39 is 5.41 Å². The first kappa shape index (κ1) is 15.1. The van der Waals surface area contributed by atoms with Crippen LogP contribution in [0.3, 0.4) is 0 Å². The number of hydrogen-bond donors (Lipinski definition) is 2. The van der Waals surface area contributed by atoms with Gasteiger partial charge in [-0.1, -0.05) is 20.8 Å². The summed E-state index contributed by atoms with van der Waals surface area (Å²) >= 11 is 0. The first-order chi connectivity index (χ1) is 7.29. The van der Waals surface area contributed by atoms with Crippen molar-refractivity contribution < 1.29 is 9.59 Å². The van der Waals surface area contributed by atoms with Crippen molar-refractivity contribution in [2.45, 2.75) is 53.0 Å². The molecule has 0 aromatic rings. The van der Waals surface area contributed by atoms with Gasteiger partial charge in [0.2, 0.25) is 5.91 Å². The Morgan fingerprint density at radius 1 is 1.25 bits per heavy atom. The normalized spacial score (nSPS) is 13.3. The maximum absolute atomic E-state index is 12.0. The number of nitrogens with two attached hydrogens (primary N) is 1. The molecule has 0 spiro atoms. The smallest absolute Gasteiger partial charge is 0.217 e. The summed E-state index contributed by atoms with van der Waals surface area (Å²) in [5.41, 5.74) is 4.98. The summed E-state index contributed by atoms with van der Waals surface area (Å²) in [4.78, 5) is 23.1. The van der Waals surface area contributed by atoms with E-state index in [0.717, 1.165) is 12.8 Å². The first-order valence-corrected chi connectivity index (χ1v) is 5.80. The van der Waals surface area contributed by atoms with E-state index in [9.17, 15) is 9.59 Å². The molecular formula is C12H24N2O2. The van der Waals surface area contributed by atoms with Crippen LogP contribution < -0.4 is 11.1 Å². The molecule has 0 aliphatic rings. The molecule has 0 aromatic heterocycles. The second-order valence-corrected chi connectivity index (χ2v) is 5.15. The lowest BCUT2D eigenvalue weighted by atomic mass is 9.84. The van der Waals surface area contributed by atoms with Gasteiger partial charge in [-0.15, -0.1) is 0 Å². The summed E-state index contributed by atoms with van der Waals surface area (Å²) < 4.78 is 0. The SMILES string of the molecule is CC(=O)NC(CCCCN)C(=O)C(C)(C)C. The van der Waals surface area contributed by atoms with Crippen LogP contribution in [0.4, 0.5) is 0 Å². The van der Waals surface area contributed by atoms with Crippen molar-refractivity contribution in [1.29, 1.82) is 0 Å². The minimum Gasteiger partial charge on any atom is -0.347 e. The fourth-order valence-electron chi connectivity index (χ4n) is 1.53. The largest absolute Gasteiger partial charge is 0.347 e. The molecule has 1 amide bonds. The van der Waals surface area contributed by atoms with E-state index in [1.807, 2.05) is 20.8 Å². The van der Waals surface area contributed by atoms with Crippen LogP contribution in [0.25, 0.3) is 0 Å². The summed E-state index contributed by atoms with van der Waals surface area (Å²) in [6.07, 6.45) is 2.42. The van der Waals surface area contributed by atoms with Gasteiger partial charge >= 0.3 is 0 Å². The number of Topliss-reactive ketones (excluding diaryl/α,β-unsaturated/α-hetero) is 1. The van der Waals surface area contributed by atoms with Crippen LogP contribution >= 0.6 is 0 Å². The molecule has 0 radical (unpaired) electrons. The maximum Gasteiger partial charge on any atom is 0.217 e. The number of hydrogen-bond acceptors (Lipinski definition) is 3. The number of amides is 1. The van der Waals surface area contributed by atoms with E-state index in [2.05, 4.69) is 5.32 Å². The van der Waals surface area contributed by atoms with E-state index in [4.69, 9.17) is 5.73 Å². The van der Waals surface area contributed by atoms with Gasteiger partial charge in [0.15, 0.2) is 5.78 Å². The third kappa shape index (κ3) is 5.85. The number of unbranched alkanes of at least 4 members (excludes halogenated alkanes) is 1. The van der Waals surface area contributed by atoms with E-state index in [-0.39, 0.29) is 17.7 Å². The van der Waals surface area contributed by atoms with Gasteiger partial charge in [0.1, 0.15) is 0 Å². The standard InChI is InChI=1S/C12H24N2O2/c1-9(15)14-10(7-5-6-8-13)11(16)12(2,3)4/h10H,5-8,13H2,1-4H3,(H,14,15). The molecule has 1 unspecified atom stereocenters. The first-order valence-electron chi connectivity index (χ1n) is 5.80. The van der Waals surface area contributed by atoms with Crippen molar-refractivity contribution in [3.63, 3.8) is 0 Å². The van der Waals surface area contributed by atoms with Gasteiger partial charge < -0.3 is 11.1 Å². The Hall–Kier alpha value is -0.900. The fourth-order valence-corrected chi connectivity index (χ4v) is 1.53. The van der Waals surface area contributed by atoms with E-state index in [1.165, 1.54) is 6.92 Å². The minimum atomic E-state index is -0.421. The maximum atomic E-state index is 12.0. The van der Waals surface area contributed by atoms with Crippen LogP contribution in [0, 0.1) is 5.41 Å². The number of carbonyl (C=O) groups excluding carboxylic acids is 2. The van der Waals surface area contributed by atoms with Gasteiger partial charge in [0.05, 0.1) is 6.04 Å². The molecule has 0 aliphatic heterocycles. The van der Waals surface area contributed by atoms with Crippen LogP contribution in [0.2, 0.25) is 0 Å². The predicted octanol–water partition coefficient (Wildman–Crippen LogP) is 1.24. The van der Waals surface area contributed by atoms with Gasteiger partial charge in [-0.05, 0) is 25.8 Å². The van der Waals surface area contributed by atoms with Gasteiger partial charge in [0.25, 0.3) is 0 Å². The van der Waals surface area contributed by atoms with Crippen LogP contribution in [0.15, 0.2) is 0 Å². The Balaban J connectivity index is 4.42. The molecule has 0 aromatic carbocycles. The van der Waals surface area contributed by atoms with Crippen LogP contribution in [-0.4, -0.2) is 24.3 Å². The van der Waals surface area contributed by atoms with Crippen molar-refractivity contribution >= 4 is 11.7 Å². The Morgan fingerprint density at radius 2 is 1.81 bits per heavy atom. The Morgan fingerprint density at radius 3 is 2.19 bits per heavy atom. The number of ketones is 1. The van der Waals surface area contributed by atoms with Crippen molar-refractivity contribution in [1.82, 2.24) is 5.32 Å². The highest BCUT2D eigenvalue weighted by Crippen LogP contribution is 2.19. The zero-order valence-corrected chi connectivity index (χ0v) is 10.8. The highest BCUT2D eigenvalue weighted by Gasteiger charge is 2.29. The second kappa shape index (κ2) is 6.63. The van der Waals surface area contributed by atoms with Crippen LogP contribution in [0.5, 0.6) is 0 Å². The molecule has 0 saturated heterocycles. The molecule has 4 nitrogen and oxygen atoms in total. The molecule has 16 heavy (non-hydrogen) atoms. The Labute approximate surface area is 98.0 Å². The van der Waals surface area contributed by atoms with Crippen molar-refractivity contribution in [3.8, 4) is 0 Å². The average Bonchev–Trinajstić information content (AvgIpc) is 2.13. The average molecular weight is 228 g/mol. The molecule has 1 atom stereocenters. The second-order valence-electron chi connectivity index (χ2n) is 5.15. The van der Waals surface area contributed by atoms with Crippen LogP contribution in [0.1, 0.15) is 47.0 Å². The summed E-state index contributed by atoms with van der Waals surface area (Å²) in [5.74, 6) is -0.0740. The molecule has 4 heteroatoms. The zero-order chi connectivity index (χ0) is 12.8. The molecule has 0 bridgehead atoms. The van der Waals surface area contributed by atoms with E-state index in [0.29, 0.717) is 13.0 Å². The van der Waals surface area contributed by atoms with Gasteiger partial charge in [0, 0.05) is 12.3 Å². The lowest BCUT2D eigenvalue weighted by Gasteiger charge is -2.25. The summed E-state index contributed by atoms with van der Waals surface area (Å²) in [6.45, 7) is 7.66. The molecule has 0 saturated carbocycles. The Kier molecular flexibility index (Phi) is 6.26. The van der Waals surface area contributed by atoms with E-state index in [1.54, 1.807) is 0 Å². The highest BCUT2D eigenvalue weighted by atomic mass is 16.2. The number of nitrogens with one attached hydrogen (secondary N) is 1. The predicted molar refractivity (Wildman–Crippen MR) is 65.0 cm³/mol. The lowest BCUT2D eigenvalue weighted by molar-refractivity contribution is -0.132. The number of carbonyl (C=O) groups is 2. The topological polar surface area (TPSA) is 72.2 Å². The summed E-state index contributed by atoms with van der Waals surface area (Å²) in [6, 6.07) is -0.371. The molecule has 94 valence electrons. The van der Waals surface area contributed by atoms with Crippen molar-refractivity contribution in [2.24, 2.45) is 11.1 Å². The van der Waals surface area contributed by atoms with Crippen molar-refractivity contribution in [3.05, 3.63) is 0 Å². The molecule has 0 rings (SSSR count). The third-order valence-electron chi connectivity index (χ3n) is 2.38. The fraction of sp³-hybridized carbons (Fsp3) is 0.833. The van der Waals surface area contributed by atoms with Crippen molar-refractivity contribution in [2.75, 3.05) is 6.54 Å². The quantitative estimate of drug-likeness (QED) is 0.672. The zero-order valence-electron chi connectivity index (χ0n) is 10.8. The van der Waals surface area contributed by atoms with Gasteiger partial charge in [-0.2, -0.15) is 0 Å². The van der Waals surface area contributed by atoms with Crippen LogP contribution in [-0.2, 0) is 9.59 Å². The minimum absolute atomic E-state index is 0.0831. The lowest BCUT2D eigenvalue weighted by Crippen LogP contribution is -2.44. The summed E-state index contributed by atoms with van der Waals surface area (Å²) in [5, 5.41) is 2.72. The molecule has 0 heterocycles.